The molecule has 174 valence electrons. The van der Waals surface area contributed by atoms with Crippen LogP contribution < -0.4 is 16.6 Å². The van der Waals surface area contributed by atoms with Crippen LogP contribution in [0.15, 0.2) is 0 Å². The highest BCUT2D eigenvalue weighted by molar-refractivity contribution is 5.85. The van der Waals surface area contributed by atoms with Crippen LogP contribution in [0.1, 0.15) is 47.5 Å². The molecule has 5 N–H and O–H groups in total. The molecular weight excluding hydrogens is 386 g/mol. The fraction of sp³-hybridized carbons (Fsp3) is 0.857. The van der Waals surface area contributed by atoms with Gasteiger partial charge < -0.3 is 10.4 Å². The average molecular weight is 428 g/mol. The predicted octanol–water partition coefficient (Wildman–Crippen LogP) is 0.303. The lowest BCUT2D eigenvalue weighted by Gasteiger charge is -2.38. The van der Waals surface area contributed by atoms with Crippen molar-refractivity contribution < 1.29 is 19.5 Å². The van der Waals surface area contributed by atoms with E-state index in [4.69, 9.17) is 5.84 Å². The molecule has 9 nitrogen and oxygen atoms in total. The Bertz CT molecular complexity index is 566. The van der Waals surface area contributed by atoms with Crippen molar-refractivity contribution in [2.24, 2.45) is 23.6 Å². The van der Waals surface area contributed by atoms with E-state index < -0.39 is 12.0 Å². The van der Waals surface area contributed by atoms with E-state index in [1.165, 1.54) is 6.92 Å². The van der Waals surface area contributed by atoms with Gasteiger partial charge in [-0.05, 0) is 32.6 Å². The lowest BCUT2D eigenvalue weighted by atomic mass is 9.89. The van der Waals surface area contributed by atoms with Gasteiger partial charge in [0, 0.05) is 57.1 Å². The molecule has 0 spiro atoms. The van der Waals surface area contributed by atoms with Crippen LogP contribution in [0, 0.1) is 17.8 Å². The molecule has 30 heavy (non-hydrogen) atoms. The van der Waals surface area contributed by atoms with E-state index in [0.29, 0.717) is 12.8 Å². The highest BCUT2D eigenvalue weighted by atomic mass is 16.4. The molecule has 0 aromatic carbocycles. The van der Waals surface area contributed by atoms with E-state index in [1.54, 1.807) is 13.8 Å². The van der Waals surface area contributed by atoms with Crippen molar-refractivity contribution in [2.45, 2.75) is 59.5 Å². The standard InChI is InChI=1S/C21H41N5O4/c1-14(18(5)27)12-15(2)19(21(29)30)24-20(28)16(3)13-17(4)26-10-8-25(9-11-26)7-6-23-22/h14-17,19,23H,6-13,22H2,1-5H3,(H,24,28)(H,29,30)/t14?,15?,16?,17?,19-/m0/s1. The summed E-state index contributed by atoms with van der Waals surface area (Å²) in [5.74, 6) is 3.21. The molecule has 0 bridgehead atoms. The number of carbonyl (C=O) groups is 3. The van der Waals surface area contributed by atoms with Gasteiger partial charge in [0.15, 0.2) is 0 Å². The molecule has 1 aliphatic rings. The largest absolute Gasteiger partial charge is 0.480 e. The summed E-state index contributed by atoms with van der Waals surface area (Å²) in [7, 11) is 0. The van der Waals surface area contributed by atoms with E-state index in [2.05, 4.69) is 27.5 Å². The first-order valence-electron chi connectivity index (χ1n) is 11.0. The summed E-state index contributed by atoms with van der Waals surface area (Å²) >= 11 is 0. The molecule has 5 atom stereocenters. The number of rotatable bonds is 13. The third kappa shape index (κ3) is 8.67. The lowest BCUT2D eigenvalue weighted by Crippen LogP contribution is -2.52. The first-order chi connectivity index (χ1) is 14.1. The lowest BCUT2D eigenvalue weighted by molar-refractivity contribution is -0.144. The number of carbonyl (C=O) groups excluding carboxylic acids is 2. The zero-order valence-corrected chi connectivity index (χ0v) is 19.2. The van der Waals surface area contributed by atoms with Crippen molar-refractivity contribution in [2.75, 3.05) is 39.3 Å². The SMILES string of the molecule is CC(=O)C(C)CC(C)[C@H](NC(=O)C(C)CC(C)N1CCN(CCNN)CC1)C(=O)O. The number of nitrogens with one attached hydrogen (secondary N) is 2. The Morgan fingerprint density at radius 2 is 1.60 bits per heavy atom. The third-order valence-electron chi connectivity index (χ3n) is 6.30. The minimum Gasteiger partial charge on any atom is -0.480 e. The number of carboxylic acids is 1. The summed E-state index contributed by atoms with van der Waals surface area (Å²) in [6, 6.07) is -0.754. The number of nitrogens with zero attached hydrogens (tertiary/aromatic N) is 2. The molecule has 9 heteroatoms. The number of piperazine rings is 1. The highest BCUT2D eigenvalue weighted by Gasteiger charge is 2.31. The van der Waals surface area contributed by atoms with E-state index >= 15 is 0 Å². The summed E-state index contributed by atoms with van der Waals surface area (Å²) in [6.45, 7) is 14.5. The number of aliphatic carboxylic acids is 1. The minimum atomic E-state index is -1.06. The minimum absolute atomic E-state index is 0.0268. The van der Waals surface area contributed by atoms with Crippen molar-refractivity contribution in [1.29, 1.82) is 0 Å². The second-order valence-corrected chi connectivity index (χ2v) is 8.87. The number of hydrogen-bond acceptors (Lipinski definition) is 7. The Balaban J connectivity index is 2.53. The van der Waals surface area contributed by atoms with Gasteiger partial charge in [0.25, 0.3) is 0 Å². The molecule has 0 aromatic heterocycles. The van der Waals surface area contributed by atoms with Crippen LogP contribution in [-0.2, 0) is 14.4 Å². The topological polar surface area (TPSA) is 128 Å². The molecule has 1 amide bonds. The summed E-state index contributed by atoms with van der Waals surface area (Å²) in [6.07, 6.45) is 1.10. The quantitative estimate of drug-likeness (QED) is 0.244. The molecular formula is C21H41N5O4. The Morgan fingerprint density at radius 3 is 2.10 bits per heavy atom. The molecule has 1 rings (SSSR count). The van der Waals surface area contributed by atoms with Crippen LogP contribution >= 0.6 is 0 Å². The third-order valence-corrected chi connectivity index (χ3v) is 6.30. The van der Waals surface area contributed by atoms with E-state index in [9.17, 15) is 19.5 Å². The fourth-order valence-electron chi connectivity index (χ4n) is 4.02. The molecule has 4 unspecified atom stereocenters. The molecule has 1 fully saturated rings. The van der Waals surface area contributed by atoms with Gasteiger partial charge in [-0.1, -0.05) is 20.8 Å². The number of hydrogen-bond donors (Lipinski definition) is 4. The summed E-state index contributed by atoms with van der Waals surface area (Å²) in [4.78, 5) is 40.6. The van der Waals surface area contributed by atoms with Gasteiger partial charge in [-0.2, -0.15) is 0 Å². The van der Waals surface area contributed by atoms with Crippen molar-refractivity contribution in [3.8, 4) is 0 Å². The van der Waals surface area contributed by atoms with Gasteiger partial charge in [0.1, 0.15) is 11.8 Å². The predicted molar refractivity (Wildman–Crippen MR) is 117 cm³/mol. The maximum absolute atomic E-state index is 12.7. The molecule has 1 saturated heterocycles. The molecule has 0 aromatic rings. The van der Waals surface area contributed by atoms with Gasteiger partial charge in [-0.25, -0.2) is 4.79 Å². The van der Waals surface area contributed by atoms with Crippen LogP contribution in [0.5, 0.6) is 0 Å². The normalized spacial score (nSPS) is 20.7. The molecule has 0 aliphatic carbocycles. The van der Waals surface area contributed by atoms with E-state index in [0.717, 1.165) is 39.3 Å². The van der Waals surface area contributed by atoms with Gasteiger partial charge in [-0.15, -0.1) is 0 Å². The number of nitrogens with two attached hydrogens (primary N) is 1. The van der Waals surface area contributed by atoms with Crippen LogP contribution in [-0.4, -0.2) is 83.9 Å². The first kappa shape index (κ1) is 26.5. The zero-order valence-electron chi connectivity index (χ0n) is 19.2. The van der Waals surface area contributed by atoms with Crippen molar-refractivity contribution in [1.82, 2.24) is 20.5 Å². The van der Waals surface area contributed by atoms with Gasteiger partial charge in [0.05, 0.1) is 0 Å². The smallest absolute Gasteiger partial charge is 0.326 e. The van der Waals surface area contributed by atoms with Gasteiger partial charge in [-0.3, -0.25) is 30.7 Å². The van der Waals surface area contributed by atoms with Crippen molar-refractivity contribution in [3.63, 3.8) is 0 Å². The van der Waals surface area contributed by atoms with Gasteiger partial charge >= 0.3 is 5.97 Å². The molecule has 1 heterocycles. The number of amides is 1. The Kier molecular flexibility index (Phi) is 11.5. The second-order valence-electron chi connectivity index (χ2n) is 8.87. The maximum atomic E-state index is 12.7. The monoisotopic (exact) mass is 427 g/mol. The Labute approximate surface area is 180 Å². The summed E-state index contributed by atoms with van der Waals surface area (Å²) in [5, 5.41) is 12.3. The summed E-state index contributed by atoms with van der Waals surface area (Å²) < 4.78 is 0. The summed E-state index contributed by atoms with van der Waals surface area (Å²) in [5.41, 5.74) is 2.68. The molecule has 0 saturated carbocycles. The van der Waals surface area contributed by atoms with Crippen LogP contribution in [0.4, 0.5) is 0 Å². The highest BCUT2D eigenvalue weighted by Crippen LogP contribution is 2.19. The average Bonchev–Trinajstić information content (AvgIpc) is 2.69. The Morgan fingerprint density at radius 1 is 1.00 bits per heavy atom. The zero-order chi connectivity index (χ0) is 22.8. The number of carboxylic acid groups (broad SMARTS) is 1. The second kappa shape index (κ2) is 13.0. The van der Waals surface area contributed by atoms with Crippen LogP contribution in [0.25, 0.3) is 0 Å². The molecule has 1 aliphatic heterocycles. The number of ketones is 1. The van der Waals surface area contributed by atoms with E-state index in [-0.39, 0.29) is 35.5 Å². The Hall–Kier alpha value is -1.55. The number of hydrazine groups is 1. The van der Waals surface area contributed by atoms with Crippen LogP contribution in [0.2, 0.25) is 0 Å². The number of Topliss-reactive ketones (excluding diaryl/α,β-unsaturated/α-hetero) is 1. The fourth-order valence-corrected chi connectivity index (χ4v) is 4.02. The molecule has 0 radical (unpaired) electrons. The van der Waals surface area contributed by atoms with Crippen molar-refractivity contribution in [3.05, 3.63) is 0 Å². The van der Waals surface area contributed by atoms with E-state index in [1.807, 2.05) is 6.92 Å². The first-order valence-corrected chi connectivity index (χ1v) is 11.0. The maximum Gasteiger partial charge on any atom is 0.326 e. The van der Waals surface area contributed by atoms with Crippen LogP contribution in [0.3, 0.4) is 0 Å². The van der Waals surface area contributed by atoms with Gasteiger partial charge in [0.2, 0.25) is 5.91 Å². The van der Waals surface area contributed by atoms with Crippen molar-refractivity contribution >= 4 is 17.7 Å².